The number of rotatable bonds is 6. The molecular weight excluding hydrogens is 412 g/mol. The Bertz CT molecular complexity index is 1030. The topological polar surface area (TPSA) is 74.8 Å². The number of nitrogens with one attached hydrogen (secondary N) is 1. The highest BCUT2D eigenvalue weighted by molar-refractivity contribution is 7.14. The number of anilines is 2. The summed E-state index contributed by atoms with van der Waals surface area (Å²) in [5, 5.41) is 5.12. The molecule has 31 heavy (non-hydrogen) atoms. The maximum Gasteiger partial charge on any atom is 0.257 e. The zero-order chi connectivity index (χ0) is 21.6. The number of piperazine rings is 1. The Hall–Kier alpha value is -3.39. The summed E-state index contributed by atoms with van der Waals surface area (Å²) in [5.41, 5.74) is 2.38. The molecule has 8 heteroatoms. The minimum Gasteiger partial charge on any atom is -0.497 e. The Labute approximate surface area is 185 Å². The Balaban J connectivity index is 1.28. The predicted octanol–water partition coefficient (Wildman–Crippen LogP) is 3.30. The molecule has 0 spiro atoms. The molecule has 0 radical (unpaired) electrons. The van der Waals surface area contributed by atoms with E-state index >= 15 is 0 Å². The van der Waals surface area contributed by atoms with Crippen LogP contribution >= 0.6 is 11.3 Å². The molecule has 0 bridgehead atoms. The van der Waals surface area contributed by atoms with Crippen molar-refractivity contribution in [3.8, 4) is 5.75 Å². The summed E-state index contributed by atoms with van der Waals surface area (Å²) < 4.78 is 5.21. The van der Waals surface area contributed by atoms with Gasteiger partial charge in [-0.15, -0.1) is 11.3 Å². The number of hydrogen-bond donors (Lipinski definition) is 1. The van der Waals surface area contributed by atoms with Crippen LogP contribution in [0, 0.1) is 0 Å². The highest BCUT2D eigenvalue weighted by atomic mass is 32.1. The van der Waals surface area contributed by atoms with Crippen molar-refractivity contribution in [1.29, 1.82) is 0 Å². The third-order valence-corrected chi connectivity index (χ3v) is 6.02. The fourth-order valence-corrected chi connectivity index (χ4v) is 4.18. The van der Waals surface area contributed by atoms with Gasteiger partial charge in [-0.25, -0.2) is 4.98 Å². The lowest BCUT2D eigenvalue weighted by Crippen LogP contribution is -2.49. The quantitative estimate of drug-likeness (QED) is 0.642. The maximum absolute atomic E-state index is 12.7. The van der Waals surface area contributed by atoms with Gasteiger partial charge in [0, 0.05) is 42.8 Å². The number of amides is 2. The lowest BCUT2D eigenvalue weighted by atomic mass is 10.2. The van der Waals surface area contributed by atoms with Crippen molar-refractivity contribution in [3.63, 3.8) is 0 Å². The minimum atomic E-state index is -0.206. The van der Waals surface area contributed by atoms with Gasteiger partial charge in [0.15, 0.2) is 5.13 Å². The molecule has 1 aromatic heterocycles. The number of benzene rings is 2. The van der Waals surface area contributed by atoms with E-state index in [1.807, 2.05) is 52.7 Å². The molecule has 2 amide bonds. The highest BCUT2D eigenvalue weighted by Crippen LogP contribution is 2.21. The zero-order valence-electron chi connectivity index (χ0n) is 17.3. The number of thiazole rings is 1. The van der Waals surface area contributed by atoms with E-state index in [1.165, 1.54) is 11.3 Å². The summed E-state index contributed by atoms with van der Waals surface area (Å²) in [6.07, 6.45) is 0.236. The Morgan fingerprint density at radius 3 is 2.42 bits per heavy atom. The second kappa shape index (κ2) is 9.61. The fraction of sp³-hybridized carbons (Fsp3) is 0.261. The van der Waals surface area contributed by atoms with Gasteiger partial charge in [0.2, 0.25) is 5.91 Å². The average molecular weight is 437 g/mol. The third kappa shape index (κ3) is 5.21. The molecule has 160 valence electrons. The van der Waals surface area contributed by atoms with E-state index in [2.05, 4.69) is 15.2 Å². The van der Waals surface area contributed by atoms with Crippen molar-refractivity contribution in [2.75, 3.05) is 43.5 Å². The second-order valence-corrected chi connectivity index (χ2v) is 8.06. The van der Waals surface area contributed by atoms with Crippen LogP contribution in [0.1, 0.15) is 16.1 Å². The number of ether oxygens (including phenoxy) is 1. The van der Waals surface area contributed by atoms with Crippen LogP contribution in [-0.2, 0) is 11.2 Å². The summed E-state index contributed by atoms with van der Waals surface area (Å²) in [5.74, 6) is 0.684. The van der Waals surface area contributed by atoms with Crippen molar-refractivity contribution in [2.45, 2.75) is 6.42 Å². The van der Waals surface area contributed by atoms with Crippen molar-refractivity contribution in [2.24, 2.45) is 0 Å². The first-order valence-corrected chi connectivity index (χ1v) is 11.0. The number of nitrogens with zero attached hydrogens (tertiary/aromatic N) is 3. The van der Waals surface area contributed by atoms with E-state index in [0.717, 1.165) is 24.5 Å². The van der Waals surface area contributed by atoms with Crippen LogP contribution in [0.25, 0.3) is 0 Å². The summed E-state index contributed by atoms with van der Waals surface area (Å²) in [6.45, 7) is 2.92. The van der Waals surface area contributed by atoms with Gasteiger partial charge in [0.1, 0.15) is 5.75 Å². The Kier molecular flexibility index (Phi) is 6.47. The smallest absolute Gasteiger partial charge is 0.257 e. The van der Waals surface area contributed by atoms with Gasteiger partial charge in [-0.1, -0.05) is 18.2 Å². The molecule has 2 heterocycles. The van der Waals surface area contributed by atoms with Crippen LogP contribution in [0.3, 0.4) is 0 Å². The van der Waals surface area contributed by atoms with Crippen LogP contribution in [0.4, 0.5) is 10.8 Å². The standard InChI is InChI=1S/C23H24N4O3S/c1-30-20-9-7-19(8-10-20)26-11-13-27(14-12-26)21(28)15-18-16-31-23(24-18)25-22(29)17-5-3-2-4-6-17/h2-10,16H,11-15H2,1H3,(H,24,25,29). The van der Waals surface area contributed by atoms with Crippen molar-refractivity contribution < 1.29 is 14.3 Å². The molecule has 1 aliphatic rings. The Morgan fingerprint density at radius 2 is 1.74 bits per heavy atom. The highest BCUT2D eigenvalue weighted by Gasteiger charge is 2.22. The lowest BCUT2D eigenvalue weighted by molar-refractivity contribution is -0.130. The third-order valence-electron chi connectivity index (χ3n) is 5.21. The van der Waals surface area contributed by atoms with E-state index in [-0.39, 0.29) is 18.2 Å². The number of carbonyl (C=O) groups excluding carboxylic acids is 2. The molecule has 4 rings (SSSR count). The molecule has 0 saturated carbocycles. The molecule has 2 aromatic carbocycles. The number of aromatic nitrogens is 1. The number of hydrogen-bond acceptors (Lipinski definition) is 6. The first-order chi connectivity index (χ1) is 15.1. The van der Waals surface area contributed by atoms with E-state index < -0.39 is 0 Å². The van der Waals surface area contributed by atoms with Crippen LogP contribution in [-0.4, -0.2) is 55.0 Å². The Morgan fingerprint density at radius 1 is 1.03 bits per heavy atom. The monoisotopic (exact) mass is 436 g/mol. The molecular formula is C23H24N4O3S. The molecule has 7 nitrogen and oxygen atoms in total. The molecule has 0 aliphatic carbocycles. The van der Waals surface area contributed by atoms with Crippen LogP contribution < -0.4 is 15.0 Å². The lowest BCUT2D eigenvalue weighted by Gasteiger charge is -2.36. The molecule has 0 atom stereocenters. The van der Waals surface area contributed by atoms with Crippen LogP contribution in [0.2, 0.25) is 0 Å². The molecule has 3 aromatic rings. The molecule has 1 aliphatic heterocycles. The summed E-state index contributed by atoms with van der Waals surface area (Å²) in [7, 11) is 1.65. The first kappa shape index (κ1) is 20.9. The van der Waals surface area contributed by atoms with E-state index in [4.69, 9.17) is 4.74 Å². The maximum atomic E-state index is 12.7. The minimum absolute atomic E-state index is 0.0561. The first-order valence-electron chi connectivity index (χ1n) is 10.1. The van der Waals surface area contributed by atoms with E-state index in [1.54, 1.807) is 19.2 Å². The summed E-state index contributed by atoms with van der Waals surface area (Å²) in [6, 6.07) is 17.0. The van der Waals surface area contributed by atoms with Gasteiger partial charge in [-0.3, -0.25) is 14.9 Å². The van der Waals surface area contributed by atoms with Gasteiger partial charge in [-0.2, -0.15) is 0 Å². The van der Waals surface area contributed by atoms with Gasteiger partial charge in [0.25, 0.3) is 5.91 Å². The van der Waals surface area contributed by atoms with E-state index in [0.29, 0.717) is 29.5 Å². The number of methoxy groups -OCH3 is 1. The zero-order valence-corrected chi connectivity index (χ0v) is 18.1. The van der Waals surface area contributed by atoms with Crippen molar-refractivity contribution >= 4 is 34.0 Å². The largest absolute Gasteiger partial charge is 0.497 e. The molecule has 1 fully saturated rings. The van der Waals surface area contributed by atoms with Gasteiger partial charge >= 0.3 is 0 Å². The van der Waals surface area contributed by atoms with Crippen LogP contribution in [0.15, 0.2) is 60.0 Å². The molecule has 0 unspecified atom stereocenters. The average Bonchev–Trinajstić information content (AvgIpc) is 3.26. The van der Waals surface area contributed by atoms with Crippen molar-refractivity contribution in [1.82, 2.24) is 9.88 Å². The van der Waals surface area contributed by atoms with Gasteiger partial charge in [0.05, 0.1) is 19.2 Å². The van der Waals surface area contributed by atoms with Gasteiger partial charge < -0.3 is 14.5 Å². The van der Waals surface area contributed by atoms with E-state index in [9.17, 15) is 9.59 Å². The molecule has 1 N–H and O–H groups in total. The van der Waals surface area contributed by atoms with Crippen molar-refractivity contribution in [3.05, 3.63) is 71.2 Å². The fourth-order valence-electron chi connectivity index (χ4n) is 3.48. The van der Waals surface area contributed by atoms with Gasteiger partial charge in [-0.05, 0) is 36.4 Å². The normalized spacial score (nSPS) is 13.7. The second-order valence-electron chi connectivity index (χ2n) is 7.21. The van der Waals surface area contributed by atoms with Crippen LogP contribution in [0.5, 0.6) is 5.75 Å². The molecule has 1 saturated heterocycles. The summed E-state index contributed by atoms with van der Waals surface area (Å²) in [4.78, 5) is 33.5. The predicted molar refractivity (Wildman–Crippen MR) is 122 cm³/mol. The SMILES string of the molecule is COc1ccc(N2CCN(C(=O)Cc3csc(NC(=O)c4ccccc4)n3)CC2)cc1. The number of carbonyl (C=O) groups is 2. The summed E-state index contributed by atoms with van der Waals surface area (Å²) >= 11 is 1.33.